The number of rotatable bonds is 7. The number of carbonyl (C=O) groups is 1. The van der Waals surface area contributed by atoms with Gasteiger partial charge in [-0.1, -0.05) is 30.7 Å². The van der Waals surface area contributed by atoms with Gasteiger partial charge in [0.1, 0.15) is 11.5 Å². The van der Waals surface area contributed by atoms with Crippen molar-refractivity contribution in [3.05, 3.63) is 54.6 Å². The molecule has 1 fully saturated rings. The Bertz CT molecular complexity index is 703. The van der Waals surface area contributed by atoms with Crippen molar-refractivity contribution in [2.75, 3.05) is 25.0 Å². The fourth-order valence-corrected chi connectivity index (χ4v) is 3.39. The summed E-state index contributed by atoms with van der Waals surface area (Å²) in [6.07, 6.45) is 4.05. The summed E-state index contributed by atoms with van der Waals surface area (Å²) in [5.41, 5.74) is 0.721. The van der Waals surface area contributed by atoms with E-state index in [-0.39, 0.29) is 12.5 Å². The number of hydrogen-bond acceptors (Lipinski definition) is 4. The van der Waals surface area contributed by atoms with Gasteiger partial charge in [0, 0.05) is 24.4 Å². The molecule has 1 unspecified atom stereocenters. The second-order valence-electron chi connectivity index (χ2n) is 6.62. The van der Waals surface area contributed by atoms with Crippen LogP contribution in [-0.4, -0.2) is 41.7 Å². The van der Waals surface area contributed by atoms with Gasteiger partial charge in [0.25, 0.3) is 0 Å². The van der Waals surface area contributed by atoms with Gasteiger partial charge in [-0.3, -0.25) is 9.69 Å². The molecular formula is C21H26N2O3. The maximum Gasteiger partial charge on any atom is 0.238 e. The molecule has 5 nitrogen and oxygen atoms in total. The number of nitrogens with one attached hydrogen (secondary N) is 1. The number of aliphatic hydroxyl groups is 1. The Morgan fingerprint density at radius 2 is 1.92 bits per heavy atom. The van der Waals surface area contributed by atoms with E-state index >= 15 is 0 Å². The van der Waals surface area contributed by atoms with Crippen molar-refractivity contribution in [2.45, 2.75) is 31.7 Å². The third kappa shape index (κ3) is 5.31. The largest absolute Gasteiger partial charge is 0.457 e. The van der Waals surface area contributed by atoms with Gasteiger partial charge in [-0.15, -0.1) is 0 Å². The van der Waals surface area contributed by atoms with E-state index in [9.17, 15) is 9.90 Å². The van der Waals surface area contributed by atoms with Crippen molar-refractivity contribution in [1.29, 1.82) is 0 Å². The van der Waals surface area contributed by atoms with Crippen molar-refractivity contribution in [1.82, 2.24) is 4.90 Å². The van der Waals surface area contributed by atoms with Crippen molar-refractivity contribution in [3.63, 3.8) is 0 Å². The first-order chi connectivity index (χ1) is 12.7. The molecule has 1 amide bonds. The number of benzene rings is 2. The zero-order valence-corrected chi connectivity index (χ0v) is 14.9. The van der Waals surface area contributed by atoms with Gasteiger partial charge in [0.2, 0.25) is 5.91 Å². The van der Waals surface area contributed by atoms with Gasteiger partial charge in [-0.2, -0.15) is 0 Å². The number of carbonyl (C=O) groups excluding carboxylic acids is 1. The number of likely N-dealkylation sites (tertiary alicyclic amines) is 1. The van der Waals surface area contributed by atoms with E-state index in [1.54, 1.807) is 0 Å². The SMILES string of the molecule is O=C(CN1CCCCC1CCO)Nc1cccc(Oc2ccccc2)c1. The van der Waals surface area contributed by atoms with Gasteiger partial charge in [0.05, 0.1) is 6.54 Å². The molecule has 1 aliphatic rings. The van der Waals surface area contributed by atoms with E-state index in [1.165, 1.54) is 6.42 Å². The van der Waals surface area contributed by atoms with Crippen molar-refractivity contribution in [3.8, 4) is 11.5 Å². The number of hydrogen-bond donors (Lipinski definition) is 2. The molecule has 1 heterocycles. The lowest BCUT2D eigenvalue weighted by atomic mass is 10.00. The lowest BCUT2D eigenvalue weighted by Crippen LogP contribution is -2.44. The minimum atomic E-state index is -0.0355. The monoisotopic (exact) mass is 354 g/mol. The van der Waals surface area contributed by atoms with E-state index < -0.39 is 0 Å². The van der Waals surface area contributed by atoms with Crippen LogP contribution in [0.1, 0.15) is 25.7 Å². The number of nitrogens with zero attached hydrogens (tertiary/aromatic N) is 1. The van der Waals surface area contributed by atoms with Crippen LogP contribution in [0.5, 0.6) is 11.5 Å². The minimum Gasteiger partial charge on any atom is -0.457 e. The Morgan fingerprint density at radius 3 is 2.73 bits per heavy atom. The predicted molar refractivity (Wildman–Crippen MR) is 103 cm³/mol. The quantitative estimate of drug-likeness (QED) is 0.797. The number of aliphatic hydroxyl groups excluding tert-OH is 1. The van der Waals surface area contributed by atoms with E-state index in [2.05, 4.69) is 10.2 Å². The van der Waals surface area contributed by atoms with E-state index in [1.807, 2.05) is 54.6 Å². The van der Waals surface area contributed by atoms with Gasteiger partial charge >= 0.3 is 0 Å². The van der Waals surface area contributed by atoms with Crippen LogP contribution < -0.4 is 10.1 Å². The molecule has 0 aromatic heterocycles. The first-order valence-electron chi connectivity index (χ1n) is 9.22. The highest BCUT2D eigenvalue weighted by molar-refractivity contribution is 5.92. The van der Waals surface area contributed by atoms with E-state index in [0.29, 0.717) is 18.3 Å². The Labute approximate surface area is 154 Å². The van der Waals surface area contributed by atoms with Crippen LogP contribution in [0.3, 0.4) is 0 Å². The van der Waals surface area contributed by atoms with Crippen LogP contribution in [0.15, 0.2) is 54.6 Å². The molecule has 1 saturated heterocycles. The normalized spacial score (nSPS) is 17.7. The smallest absolute Gasteiger partial charge is 0.238 e. The lowest BCUT2D eigenvalue weighted by Gasteiger charge is -2.34. The fraction of sp³-hybridized carbons (Fsp3) is 0.381. The molecule has 1 aliphatic heterocycles. The summed E-state index contributed by atoms with van der Waals surface area (Å²) in [6, 6.07) is 17.3. The topological polar surface area (TPSA) is 61.8 Å². The zero-order valence-electron chi connectivity index (χ0n) is 14.9. The average molecular weight is 354 g/mol. The molecule has 2 aromatic carbocycles. The summed E-state index contributed by atoms with van der Waals surface area (Å²) >= 11 is 0. The summed E-state index contributed by atoms with van der Waals surface area (Å²) in [6.45, 7) is 1.44. The van der Waals surface area contributed by atoms with Crippen LogP contribution in [-0.2, 0) is 4.79 Å². The van der Waals surface area contributed by atoms with Crippen molar-refractivity contribution >= 4 is 11.6 Å². The maximum atomic E-state index is 12.4. The third-order valence-electron chi connectivity index (χ3n) is 4.65. The van der Waals surface area contributed by atoms with Gasteiger partial charge in [-0.25, -0.2) is 0 Å². The lowest BCUT2D eigenvalue weighted by molar-refractivity contribution is -0.118. The van der Waals surface area contributed by atoms with Crippen LogP contribution in [0.4, 0.5) is 5.69 Å². The Hall–Kier alpha value is -2.37. The number of piperidine rings is 1. The number of ether oxygens (including phenoxy) is 1. The Balaban J connectivity index is 1.58. The standard InChI is InChI=1S/C21H26N2O3/c24-14-12-18-8-4-5-13-23(18)16-21(25)22-17-7-6-11-20(15-17)26-19-9-2-1-3-10-19/h1-3,6-7,9-11,15,18,24H,4-5,8,12-14,16H2,(H,22,25). The molecular weight excluding hydrogens is 328 g/mol. The first kappa shape index (κ1) is 18.4. The molecule has 0 aliphatic carbocycles. The summed E-state index contributed by atoms with van der Waals surface area (Å²) in [5.74, 6) is 1.41. The third-order valence-corrected chi connectivity index (χ3v) is 4.65. The first-order valence-corrected chi connectivity index (χ1v) is 9.22. The number of anilines is 1. The highest BCUT2D eigenvalue weighted by Gasteiger charge is 2.23. The molecule has 0 bridgehead atoms. The second-order valence-corrected chi connectivity index (χ2v) is 6.62. The number of amides is 1. The molecule has 1 atom stereocenters. The highest BCUT2D eigenvalue weighted by atomic mass is 16.5. The molecule has 2 N–H and O–H groups in total. The fourth-order valence-electron chi connectivity index (χ4n) is 3.39. The van der Waals surface area contributed by atoms with Crippen LogP contribution >= 0.6 is 0 Å². The molecule has 0 radical (unpaired) electrons. The van der Waals surface area contributed by atoms with Crippen molar-refractivity contribution < 1.29 is 14.6 Å². The summed E-state index contributed by atoms with van der Waals surface area (Å²) in [4.78, 5) is 14.6. The van der Waals surface area contributed by atoms with Crippen LogP contribution in [0, 0.1) is 0 Å². The van der Waals surface area contributed by atoms with Gasteiger partial charge < -0.3 is 15.2 Å². The molecule has 26 heavy (non-hydrogen) atoms. The summed E-state index contributed by atoms with van der Waals surface area (Å²) < 4.78 is 5.81. The van der Waals surface area contributed by atoms with Crippen LogP contribution in [0.2, 0.25) is 0 Å². The Morgan fingerprint density at radius 1 is 1.12 bits per heavy atom. The van der Waals surface area contributed by atoms with Crippen molar-refractivity contribution in [2.24, 2.45) is 0 Å². The molecule has 5 heteroatoms. The summed E-state index contributed by atoms with van der Waals surface area (Å²) in [5, 5.41) is 12.2. The maximum absolute atomic E-state index is 12.4. The molecule has 0 saturated carbocycles. The zero-order chi connectivity index (χ0) is 18.2. The summed E-state index contributed by atoms with van der Waals surface area (Å²) in [7, 11) is 0. The molecule has 0 spiro atoms. The minimum absolute atomic E-state index is 0.0355. The van der Waals surface area contributed by atoms with Gasteiger partial charge in [-0.05, 0) is 50.1 Å². The predicted octanol–water partition coefficient (Wildman–Crippen LogP) is 3.65. The Kier molecular flexibility index (Phi) is 6.63. The average Bonchev–Trinajstić information content (AvgIpc) is 2.65. The molecule has 2 aromatic rings. The molecule has 3 rings (SSSR count). The molecule has 138 valence electrons. The van der Waals surface area contributed by atoms with E-state index in [0.717, 1.165) is 37.2 Å². The second kappa shape index (κ2) is 9.36. The highest BCUT2D eigenvalue weighted by Crippen LogP contribution is 2.24. The van der Waals surface area contributed by atoms with Gasteiger partial charge in [0.15, 0.2) is 0 Å². The van der Waals surface area contributed by atoms with Crippen LogP contribution in [0.25, 0.3) is 0 Å². The van der Waals surface area contributed by atoms with E-state index in [4.69, 9.17) is 4.74 Å². The number of para-hydroxylation sites is 1.